The summed E-state index contributed by atoms with van der Waals surface area (Å²) in [6.07, 6.45) is 1.68. The second-order valence-electron chi connectivity index (χ2n) is 3.67. The Hall–Kier alpha value is -1.10. The number of amides is 1. The van der Waals surface area contributed by atoms with E-state index in [1.807, 2.05) is 13.8 Å². The number of rotatable bonds is 9. The lowest BCUT2D eigenvalue weighted by Gasteiger charge is -2.20. The van der Waals surface area contributed by atoms with E-state index in [1.54, 1.807) is 6.92 Å². The highest BCUT2D eigenvalue weighted by atomic mass is 16.5. The van der Waals surface area contributed by atoms with Crippen LogP contribution in [0.3, 0.4) is 0 Å². The Morgan fingerprint density at radius 3 is 2.35 bits per heavy atom. The lowest BCUT2D eigenvalue weighted by atomic mass is 10.4. The first-order chi connectivity index (χ1) is 8.15. The third-order valence-corrected chi connectivity index (χ3v) is 2.05. The fourth-order valence-electron chi connectivity index (χ4n) is 1.32. The lowest BCUT2D eigenvalue weighted by Crippen LogP contribution is -2.39. The summed E-state index contributed by atoms with van der Waals surface area (Å²) in [4.78, 5) is 24.5. The van der Waals surface area contributed by atoms with Crippen LogP contribution in [-0.2, 0) is 19.1 Å². The molecule has 5 nitrogen and oxygen atoms in total. The van der Waals surface area contributed by atoms with Crippen molar-refractivity contribution in [2.75, 3.05) is 32.9 Å². The smallest absolute Gasteiger partial charge is 0.325 e. The van der Waals surface area contributed by atoms with Crippen molar-refractivity contribution in [3.05, 3.63) is 0 Å². The van der Waals surface area contributed by atoms with E-state index < -0.39 is 0 Å². The van der Waals surface area contributed by atoms with Gasteiger partial charge in [0.1, 0.15) is 13.2 Å². The fourth-order valence-corrected chi connectivity index (χ4v) is 1.32. The van der Waals surface area contributed by atoms with Gasteiger partial charge in [0.2, 0.25) is 5.91 Å². The summed E-state index contributed by atoms with van der Waals surface area (Å²) >= 11 is 0. The van der Waals surface area contributed by atoms with E-state index in [2.05, 4.69) is 0 Å². The van der Waals surface area contributed by atoms with E-state index >= 15 is 0 Å². The van der Waals surface area contributed by atoms with Gasteiger partial charge in [-0.1, -0.05) is 13.8 Å². The third-order valence-electron chi connectivity index (χ3n) is 2.05. The molecule has 0 heterocycles. The number of hydrogen-bond donors (Lipinski definition) is 0. The minimum Gasteiger partial charge on any atom is -0.465 e. The Labute approximate surface area is 103 Å². The molecular formula is C12H23NO4. The van der Waals surface area contributed by atoms with Crippen LogP contribution in [0.15, 0.2) is 0 Å². The van der Waals surface area contributed by atoms with Crippen LogP contribution in [0.1, 0.15) is 33.6 Å². The number of carbonyl (C=O) groups is 2. The Morgan fingerprint density at radius 2 is 1.82 bits per heavy atom. The standard InChI is InChI=1S/C12H23NO4/c1-4-7-13(9-12(15)17-6-3)11(14)10-16-8-5-2/h4-10H2,1-3H3. The second-order valence-corrected chi connectivity index (χ2v) is 3.67. The molecule has 0 bridgehead atoms. The zero-order valence-corrected chi connectivity index (χ0v) is 11.0. The van der Waals surface area contributed by atoms with Crippen LogP contribution in [0.25, 0.3) is 0 Å². The highest BCUT2D eigenvalue weighted by Crippen LogP contribution is 1.96. The number of esters is 1. The first kappa shape index (κ1) is 15.9. The third kappa shape index (κ3) is 7.74. The largest absolute Gasteiger partial charge is 0.465 e. The van der Waals surface area contributed by atoms with Gasteiger partial charge in [0.05, 0.1) is 6.61 Å². The molecule has 0 aliphatic carbocycles. The van der Waals surface area contributed by atoms with Crippen molar-refractivity contribution < 1.29 is 19.1 Å². The van der Waals surface area contributed by atoms with Gasteiger partial charge in [-0.05, 0) is 19.8 Å². The average molecular weight is 245 g/mol. The van der Waals surface area contributed by atoms with E-state index in [4.69, 9.17) is 9.47 Å². The first-order valence-corrected chi connectivity index (χ1v) is 6.16. The summed E-state index contributed by atoms with van der Waals surface area (Å²) in [6, 6.07) is 0. The predicted octanol–water partition coefficient (Wildman–Crippen LogP) is 1.21. The normalized spacial score (nSPS) is 10.1. The molecule has 0 aromatic rings. The van der Waals surface area contributed by atoms with Gasteiger partial charge in [0.15, 0.2) is 0 Å². The topological polar surface area (TPSA) is 55.8 Å². The average Bonchev–Trinajstić information content (AvgIpc) is 2.29. The molecule has 0 spiro atoms. The maximum absolute atomic E-state index is 11.7. The first-order valence-electron chi connectivity index (χ1n) is 6.16. The monoisotopic (exact) mass is 245 g/mol. The quantitative estimate of drug-likeness (QED) is 0.452. The highest BCUT2D eigenvalue weighted by molar-refractivity contribution is 5.82. The van der Waals surface area contributed by atoms with Gasteiger partial charge in [-0.15, -0.1) is 0 Å². The molecule has 0 fully saturated rings. The molecular weight excluding hydrogens is 222 g/mol. The minimum atomic E-state index is -0.371. The van der Waals surface area contributed by atoms with Crippen LogP contribution in [0.2, 0.25) is 0 Å². The predicted molar refractivity (Wildman–Crippen MR) is 64.6 cm³/mol. The molecule has 0 aliphatic rings. The zero-order chi connectivity index (χ0) is 13.1. The number of nitrogens with zero attached hydrogens (tertiary/aromatic N) is 1. The maximum Gasteiger partial charge on any atom is 0.325 e. The van der Waals surface area contributed by atoms with Gasteiger partial charge >= 0.3 is 5.97 Å². The SMILES string of the molecule is CCCOCC(=O)N(CCC)CC(=O)OCC. The molecule has 0 radical (unpaired) electrons. The van der Waals surface area contributed by atoms with Crippen LogP contribution in [-0.4, -0.2) is 49.7 Å². The molecule has 0 aliphatic heterocycles. The molecule has 0 aromatic heterocycles. The van der Waals surface area contributed by atoms with Crippen molar-refractivity contribution >= 4 is 11.9 Å². The van der Waals surface area contributed by atoms with E-state index in [1.165, 1.54) is 4.90 Å². The van der Waals surface area contributed by atoms with E-state index in [0.717, 1.165) is 12.8 Å². The van der Waals surface area contributed by atoms with Gasteiger partial charge in [-0.25, -0.2) is 0 Å². The van der Waals surface area contributed by atoms with Gasteiger partial charge in [0, 0.05) is 13.2 Å². The summed E-state index contributed by atoms with van der Waals surface area (Å²) in [7, 11) is 0. The fraction of sp³-hybridized carbons (Fsp3) is 0.833. The van der Waals surface area contributed by atoms with Crippen molar-refractivity contribution in [2.45, 2.75) is 33.6 Å². The van der Waals surface area contributed by atoms with Crippen LogP contribution in [0, 0.1) is 0 Å². The van der Waals surface area contributed by atoms with E-state index in [9.17, 15) is 9.59 Å². The van der Waals surface area contributed by atoms with Gasteiger partial charge in [-0.2, -0.15) is 0 Å². The molecule has 0 N–H and O–H groups in total. The number of carbonyl (C=O) groups excluding carboxylic acids is 2. The summed E-state index contributed by atoms with van der Waals surface area (Å²) in [6.45, 7) is 7.17. The van der Waals surface area contributed by atoms with Gasteiger partial charge in [0.25, 0.3) is 0 Å². The molecule has 0 saturated heterocycles. The molecule has 0 aromatic carbocycles. The zero-order valence-electron chi connectivity index (χ0n) is 11.0. The number of hydrogen-bond acceptors (Lipinski definition) is 4. The molecule has 17 heavy (non-hydrogen) atoms. The van der Waals surface area contributed by atoms with Crippen molar-refractivity contribution in [3.63, 3.8) is 0 Å². The highest BCUT2D eigenvalue weighted by Gasteiger charge is 2.16. The second kappa shape index (κ2) is 10.1. The van der Waals surface area contributed by atoms with E-state index in [-0.39, 0.29) is 25.0 Å². The van der Waals surface area contributed by atoms with Crippen LogP contribution in [0.4, 0.5) is 0 Å². The molecule has 0 saturated carbocycles. The van der Waals surface area contributed by atoms with Crippen molar-refractivity contribution in [2.24, 2.45) is 0 Å². The summed E-state index contributed by atoms with van der Waals surface area (Å²) < 4.78 is 9.99. The van der Waals surface area contributed by atoms with Crippen LogP contribution >= 0.6 is 0 Å². The molecule has 100 valence electrons. The molecule has 0 unspecified atom stereocenters. The molecule has 0 rings (SSSR count). The molecule has 5 heteroatoms. The van der Waals surface area contributed by atoms with Crippen molar-refractivity contribution in [1.29, 1.82) is 0 Å². The maximum atomic E-state index is 11.7. The Balaban J connectivity index is 4.10. The minimum absolute atomic E-state index is 0.00992. The van der Waals surface area contributed by atoms with E-state index in [0.29, 0.717) is 19.8 Å². The summed E-state index contributed by atoms with van der Waals surface area (Å²) in [5.41, 5.74) is 0. The van der Waals surface area contributed by atoms with Crippen LogP contribution in [0.5, 0.6) is 0 Å². The van der Waals surface area contributed by atoms with Gasteiger partial charge < -0.3 is 14.4 Å². The summed E-state index contributed by atoms with van der Waals surface area (Å²) in [5, 5.41) is 0. The Bertz CT molecular complexity index is 231. The van der Waals surface area contributed by atoms with Crippen molar-refractivity contribution in [1.82, 2.24) is 4.90 Å². The lowest BCUT2D eigenvalue weighted by molar-refractivity contribution is -0.150. The van der Waals surface area contributed by atoms with Crippen LogP contribution < -0.4 is 0 Å². The summed E-state index contributed by atoms with van der Waals surface area (Å²) in [5.74, 6) is -0.529. The van der Waals surface area contributed by atoms with Crippen molar-refractivity contribution in [3.8, 4) is 0 Å². The molecule has 0 atom stereocenters. The Kier molecular flexibility index (Phi) is 9.43. The molecule has 1 amide bonds. The number of ether oxygens (including phenoxy) is 2. The van der Waals surface area contributed by atoms with Gasteiger partial charge in [-0.3, -0.25) is 9.59 Å². The Morgan fingerprint density at radius 1 is 1.12 bits per heavy atom.